The van der Waals surface area contributed by atoms with E-state index in [-0.39, 0.29) is 9.65 Å². The van der Waals surface area contributed by atoms with Gasteiger partial charge in [-0.2, -0.15) is 0 Å². The Bertz CT molecular complexity index is 524. The largest absolute Gasteiger partial charge is 0.0843 e. The molecule has 0 spiro atoms. The van der Waals surface area contributed by atoms with Crippen molar-refractivity contribution in [3.8, 4) is 0 Å². The summed E-state index contributed by atoms with van der Waals surface area (Å²) in [5.41, 5.74) is 2.24. The fourth-order valence-electron chi connectivity index (χ4n) is 1.86. The monoisotopic (exact) mass is 406 g/mol. The Labute approximate surface area is 134 Å². The lowest BCUT2D eigenvalue weighted by atomic mass is 9.93. The smallest absolute Gasteiger partial charge is 0.0807 e. The van der Waals surface area contributed by atoms with Crippen LogP contribution in [0.15, 0.2) is 48.5 Å². The molecule has 0 bridgehead atoms. The molecule has 0 aliphatic rings. The second kappa shape index (κ2) is 6.42. The third-order valence-corrected chi connectivity index (χ3v) is 4.37. The van der Waals surface area contributed by atoms with Gasteiger partial charge in [0.05, 0.1) is 3.74 Å². The maximum atomic E-state index is 6.28. The Morgan fingerprint density at radius 3 is 2.00 bits per heavy atom. The van der Waals surface area contributed by atoms with Gasteiger partial charge in [-0.05, 0) is 29.3 Å². The summed E-state index contributed by atoms with van der Waals surface area (Å²) in [5, 5.41) is 1.50. The number of halogens is 4. The molecule has 18 heavy (non-hydrogen) atoms. The van der Waals surface area contributed by atoms with E-state index in [1.165, 1.54) is 0 Å². The van der Waals surface area contributed by atoms with Gasteiger partial charge in [0.1, 0.15) is 0 Å². The van der Waals surface area contributed by atoms with Crippen LogP contribution in [-0.2, 0) is 0 Å². The average molecular weight is 409 g/mol. The lowest BCUT2D eigenvalue weighted by molar-refractivity contribution is 0.919. The molecule has 0 heterocycles. The van der Waals surface area contributed by atoms with Crippen LogP contribution >= 0.6 is 55.1 Å². The fraction of sp³-hybridized carbons (Fsp3) is 0.143. The van der Waals surface area contributed by atoms with Crippen LogP contribution < -0.4 is 0 Å². The third-order valence-electron chi connectivity index (χ3n) is 2.72. The second-order valence-corrected chi connectivity index (χ2v) is 7.93. The summed E-state index contributed by atoms with van der Waals surface area (Å²) < 4.78 is 0.103. The summed E-state index contributed by atoms with van der Waals surface area (Å²) in [6.45, 7) is 0. The van der Waals surface area contributed by atoms with Crippen molar-refractivity contribution in [3.63, 3.8) is 0 Å². The molecule has 1 unspecified atom stereocenters. The van der Waals surface area contributed by atoms with E-state index in [4.69, 9.17) is 23.2 Å². The van der Waals surface area contributed by atoms with Gasteiger partial charge in [-0.15, -0.1) is 0 Å². The van der Waals surface area contributed by atoms with Gasteiger partial charge >= 0.3 is 0 Å². The van der Waals surface area contributed by atoms with E-state index in [0.29, 0.717) is 0 Å². The molecular formula is C14H10Br2Cl2. The molecule has 2 aromatic carbocycles. The first kappa shape index (κ1) is 14.4. The molecule has 2 aromatic rings. The Balaban J connectivity index is 2.47. The molecule has 94 valence electrons. The molecule has 4 heteroatoms. The predicted molar refractivity (Wildman–Crippen MR) is 86.4 cm³/mol. The summed E-state index contributed by atoms with van der Waals surface area (Å²) in [7, 11) is 0. The highest BCUT2D eigenvalue weighted by molar-refractivity contribution is 9.24. The Kier molecular flexibility index (Phi) is 5.14. The van der Waals surface area contributed by atoms with Crippen molar-refractivity contribution in [2.45, 2.75) is 9.65 Å². The topological polar surface area (TPSA) is 0 Å². The summed E-state index contributed by atoms with van der Waals surface area (Å²) in [5.74, 6) is 0.135. The van der Waals surface area contributed by atoms with Crippen molar-refractivity contribution in [3.05, 3.63) is 69.7 Å². The summed E-state index contributed by atoms with van der Waals surface area (Å²) in [6, 6.07) is 15.7. The van der Waals surface area contributed by atoms with Crippen LogP contribution in [0.4, 0.5) is 0 Å². The molecule has 0 radical (unpaired) electrons. The first-order valence-corrected chi connectivity index (χ1v) is 7.96. The Morgan fingerprint density at radius 2 is 1.44 bits per heavy atom. The van der Waals surface area contributed by atoms with Gasteiger partial charge in [-0.1, -0.05) is 85.4 Å². The van der Waals surface area contributed by atoms with Gasteiger partial charge < -0.3 is 0 Å². The van der Waals surface area contributed by atoms with E-state index in [1.807, 2.05) is 48.5 Å². The molecule has 0 aromatic heterocycles. The predicted octanol–water partition coefficient (Wildman–Crippen LogP) is 6.24. The molecule has 0 saturated carbocycles. The lowest BCUT2D eigenvalue weighted by Crippen LogP contribution is -2.08. The van der Waals surface area contributed by atoms with Crippen molar-refractivity contribution in [2.24, 2.45) is 0 Å². The van der Waals surface area contributed by atoms with Crippen LogP contribution in [0.5, 0.6) is 0 Å². The highest BCUT2D eigenvalue weighted by Crippen LogP contribution is 2.38. The van der Waals surface area contributed by atoms with Crippen molar-refractivity contribution in [1.29, 1.82) is 0 Å². The average Bonchev–Trinajstić information content (AvgIpc) is 2.34. The van der Waals surface area contributed by atoms with E-state index in [9.17, 15) is 0 Å². The molecule has 0 aliphatic heterocycles. The van der Waals surface area contributed by atoms with Gasteiger partial charge in [0, 0.05) is 16.0 Å². The third kappa shape index (κ3) is 3.30. The molecule has 2 rings (SSSR count). The summed E-state index contributed by atoms with van der Waals surface area (Å²) in [4.78, 5) is 0. The standard InChI is InChI=1S/C14H10Br2Cl2/c15-14(16)13(9-5-7-10(17)8-6-9)11-3-1-2-4-12(11)18/h1-8,13-14H. The number of alkyl halides is 2. The minimum absolute atomic E-state index is 0.103. The van der Waals surface area contributed by atoms with Crippen molar-refractivity contribution in [1.82, 2.24) is 0 Å². The van der Waals surface area contributed by atoms with Crippen molar-refractivity contribution < 1.29 is 0 Å². The molecule has 0 saturated heterocycles. The van der Waals surface area contributed by atoms with E-state index < -0.39 is 0 Å². The van der Waals surface area contributed by atoms with Crippen molar-refractivity contribution >= 4 is 55.1 Å². The molecule has 0 amide bonds. The first-order valence-electron chi connectivity index (χ1n) is 5.37. The summed E-state index contributed by atoms with van der Waals surface area (Å²) in [6.07, 6.45) is 0. The van der Waals surface area contributed by atoms with E-state index in [1.54, 1.807) is 0 Å². The van der Waals surface area contributed by atoms with E-state index >= 15 is 0 Å². The first-order chi connectivity index (χ1) is 8.59. The van der Waals surface area contributed by atoms with E-state index in [2.05, 4.69) is 31.9 Å². The maximum Gasteiger partial charge on any atom is 0.0807 e. The number of hydrogen-bond acceptors (Lipinski definition) is 0. The highest BCUT2D eigenvalue weighted by atomic mass is 79.9. The number of benzene rings is 2. The van der Waals surface area contributed by atoms with Crippen LogP contribution in [0, 0.1) is 0 Å². The molecule has 0 nitrogen and oxygen atoms in total. The lowest BCUT2D eigenvalue weighted by Gasteiger charge is -2.20. The normalized spacial score (nSPS) is 12.7. The zero-order valence-electron chi connectivity index (χ0n) is 9.29. The van der Waals surface area contributed by atoms with Gasteiger partial charge in [0.2, 0.25) is 0 Å². The molecule has 1 atom stereocenters. The van der Waals surface area contributed by atoms with Crippen molar-refractivity contribution in [2.75, 3.05) is 0 Å². The number of rotatable bonds is 3. The molecule has 0 N–H and O–H groups in total. The minimum atomic E-state index is 0.103. The Morgan fingerprint density at radius 1 is 0.833 bits per heavy atom. The minimum Gasteiger partial charge on any atom is -0.0843 e. The van der Waals surface area contributed by atoms with Gasteiger partial charge in [0.25, 0.3) is 0 Å². The van der Waals surface area contributed by atoms with E-state index in [0.717, 1.165) is 21.2 Å². The van der Waals surface area contributed by atoms with Gasteiger partial charge in [-0.25, -0.2) is 0 Å². The second-order valence-electron chi connectivity index (χ2n) is 3.89. The SMILES string of the molecule is Clc1ccc(C(c2ccccc2Cl)C(Br)Br)cc1. The zero-order valence-corrected chi connectivity index (χ0v) is 14.0. The van der Waals surface area contributed by atoms with Crippen LogP contribution in [0.2, 0.25) is 10.0 Å². The highest BCUT2D eigenvalue weighted by Gasteiger charge is 2.22. The van der Waals surface area contributed by atoms with Crippen LogP contribution in [0.25, 0.3) is 0 Å². The Hall–Kier alpha value is -0.0200. The van der Waals surface area contributed by atoms with Gasteiger partial charge in [0.15, 0.2) is 0 Å². The summed E-state index contributed by atoms with van der Waals surface area (Å²) >= 11 is 19.4. The molecule has 0 fully saturated rings. The van der Waals surface area contributed by atoms with Crippen LogP contribution in [-0.4, -0.2) is 3.74 Å². The number of hydrogen-bond donors (Lipinski definition) is 0. The molecular weight excluding hydrogens is 399 g/mol. The fourth-order valence-corrected chi connectivity index (χ4v) is 3.42. The van der Waals surface area contributed by atoms with Crippen LogP contribution in [0.1, 0.15) is 17.0 Å². The van der Waals surface area contributed by atoms with Gasteiger partial charge in [-0.3, -0.25) is 0 Å². The zero-order chi connectivity index (χ0) is 13.1. The quantitative estimate of drug-likeness (QED) is 0.527. The van der Waals surface area contributed by atoms with Crippen LogP contribution in [0.3, 0.4) is 0 Å². The molecule has 0 aliphatic carbocycles. The maximum absolute atomic E-state index is 6.28.